The molecule has 6 nitrogen and oxygen atoms in total. The van der Waals surface area contributed by atoms with Crippen LogP contribution in [-0.4, -0.2) is 31.1 Å². The first-order valence-corrected chi connectivity index (χ1v) is 6.61. The maximum atomic E-state index is 12.1. The van der Waals surface area contributed by atoms with E-state index in [0.717, 1.165) is 10.9 Å². The van der Waals surface area contributed by atoms with Gasteiger partial charge in [-0.1, -0.05) is 0 Å². The van der Waals surface area contributed by atoms with E-state index in [-0.39, 0.29) is 11.1 Å². The number of cyclic esters (lactones) is 2. The van der Waals surface area contributed by atoms with E-state index in [1.54, 1.807) is 7.11 Å². The molecule has 1 aliphatic heterocycles. The highest BCUT2D eigenvalue weighted by atomic mass is 16.6. The molecule has 0 bridgehead atoms. The average Bonchev–Trinajstić information content (AvgIpc) is 3.03. The van der Waals surface area contributed by atoms with Crippen LogP contribution in [0.25, 0.3) is 21.8 Å². The van der Waals surface area contributed by atoms with E-state index in [0.29, 0.717) is 22.4 Å². The number of esters is 2. The van der Waals surface area contributed by atoms with Gasteiger partial charge in [0.2, 0.25) is 0 Å². The van der Waals surface area contributed by atoms with Crippen molar-refractivity contribution in [1.29, 1.82) is 0 Å². The quantitative estimate of drug-likeness (QED) is 0.581. The molecule has 3 aromatic rings. The van der Waals surface area contributed by atoms with Crippen molar-refractivity contribution in [3.8, 4) is 11.5 Å². The highest BCUT2D eigenvalue weighted by Crippen LogP contribution is 2.40. The molecule has 0 radical (unpaired) electrons. The number of methoxy groups -OCH3 is 2. The first-order valence-electron chi connectivity index (χ1n) is 6.61. The molecule has 0 spiro atoms. The molecule has 0 unspecified atom stereocenters. The summed E-state index contributed by atoms with van der Waals surface area (Å²) in [6.45, 7) is 0. The molecule has 1 aromatic heterocycles. The number of carbonyl (C=O) groups is 2. The average molecular weight is 297 g/mol. The van der Waals surface area contributed by atoms with Crippen LogP contribution in [0.1, 0.15) is 20.7 Å². The van der Waals surface area contributed by atoms with Crippen LogP contribution in [0.3, 0.4) is 0 Å². The van der Waals surface area contributed by atoms with Gasteiger partial charge in [-0.3, -0.25) is 0 Å². The number of benzene rings is 2. The summed E-state index contributed by atoms with van der Waals surface area (Å²) in [7, 11) is 3.08. The molecule has 0 saturated carbocycles. The van der Waals surface area contributed by atoms with E-state index in [4.69, 9.17) is 14.2 Å². The first-order chi connectivity index (χ1) is 10.6. The molecule has 6 heteroatoms. The summed E-state index contributed by atoms with van der Waals surface area (Å²) < 4.78 is 15.3. The highest BCUT2D eigenvalue weighted by Gasteiger charge is 2.34. The van der Waals surface area contributed by atoms with Gasteiger partial charge >= 0.3 is 11.9 Å². The van der Waals surface area contributed by atoms with Crippen molar-refractivity contribution in [2.45, 2.75) is 0 Å². The van der Waals surface area contributed by atoms with Gasteiger partial charge in [-0.25, -0.2) is 9.59 Å². The van der Waals surface area contributed by atoms with E-state index in [2.05, 4.69) is 4.98 Å². The van der Waals surface area contributed by atoms with Crippen LogP contribution in [0.5, 0.6) is 11.5 Å². The standard InChI is InChI=1S/C16H11NO5/c1-20-7-3-4-10-8(5-7)12-13-9(15(18)22-16(13)19)6-11(21-2)14(12)17-10/h3-6,17H,1-2H3. The lowest BCUT2D eigenvalue weighted by Crippen LogP contribution is -1.97. The zero-order valence-electron chi connectivity index (χ0n) is 11.9. The lowest BCUT2D eigenvalue weighted by atomic mass is 10.0. The second-order valence-corrected chi connectivity index (χ2v) is 4.96. The molecule has 4 rings (SSSR count). The largest absolute Gasteiger partial charge is 0.497 e. The minimum Gasteiger partial charge on any atom is -0.497 e. The van der Waals surface area contributed by atoms with Crippen molar-refractivity contribution in [1.82, 2.24) is 4.98 Å². The Kier molecular flexibility index (Phi) is 2.45. The number of fused-ring (bicyclic) bond motifs is 5. The summed E-state index contributed by atoms with van der Waals surface area (Å²) in [5.41, 5.74) is 1.95. The normalized spacial score (nSPS) is 13.5. The summed E-state index contributed by atoms with van der Waals surface area (Å²) in [6.07, 6.45) is 0. The number of H-pyrrole nitrogens is 1. The van der Waals surface area contributed by atoms with Gasteiger partial charge in [0.15, 0.2) is 0 Å². The summed E-state index contributed by atoms with van der Waals surface area (Å²) >= 11 is 0. The van der Waals surface area contributed by atoms with Gasteiger partial charge in [0, 0.05) is 16.3 Å². The van der Waals surface area contributed by atoms with E-state index in [1.807, 2.05) is 18.2 Å². The molecule has 2 aromatic carbocycles. The molecule has 1 aliphatic rings. The lowest BCUT2D eigenvalue weighted by molar-refractivity contribution is 0.0444. The fourth-order valence-electron chi connectivity index (χ4n) is 2.88. The zero-order chi connectivity index (χ0) is 15.4. The third-order valence-electron chi connectivity index (χ3n) is 3.88. The first kappa shape index (κ1) is 12.7. The summed E-state index contributed by atoms with van der Waals surface area (Å²) in [5, 5.41) is 1.38. The van der Waals surface area contributed by atoms with Crippen LogP contribution in [0.2, 0.25) is 0 Å². The Morgan fingerprint density at radius 3 is 2.59 bits per heavy atom. The van der Waals surface area contributed by atoms with E-state index in [1.165, 1.54) is 13.2 Å². The number of aromatic nitrogens is 1. The Balaban J connectivity index is 2.24. The van der Waals surface area contributed by atoms with Gasteiger partial charge in [-0.2, -0.15) is 0 Å². The second-order valence-electron chi connectivity index (χ2n) is 4.96. The van der Waals surface area contributed by atoms with E-state index in [9.17, 15) is 9.59 Å². The van der Waals surface area contributed by atoms with Crippen molar-refractivity contribution >= 4 is 33.7 Å². The van der Waals surface area contributed by atoms with Gasteiger partial charge in [0.05, 0.1) is 30.9 Å². The van der Waals surface area contributed by atoms with Crippen LogP contribution in [0.4, 0.5) is 0 Å². The predicted octanol–water partition coefficient (Wildman–Crippen LogP) is 2.65. The van der Waals surface area contributed by atoms with Crippen molar-refractivity contribution < 1.29 is 23.8 Å². The van der Waals surface area contributed by atoms with Gasteiger partial charge in [0.25, 0.3) is 0 Å². The second kappa shape index (κ2) is 4.24. The van der Waals surface area contributed by atoms with Gasteiger partial charge in [0.1, 0.15) is 11.5 Å². The van der Waals surface area contributed by atoms with Gasteiger partial charge in [-0.15, -0.1) is 0 Å². The van der Waals surface area contributed by atoms with Gasteiger partial charge in [-0.05, 0) is 24.3 Å². The minimum absolute atomic E-state index is 0.220. The van der Waals surface area contributed by atoms with Crippen molar-refractivity contribution in [3.05, 3.63) is 35.4 Å². The topological polar surface area (TPSA) is 77.6 Å². The molecular weight excluding hydrogens is 286 g/mol. The minimum atomic E-state index is -0.655. The third-order valence-corrected chi connectivity index (χ3v) is 3.88. The Morgan fingerprint density at radius 2 is 1.86 bits per heavy atom. The molecular formula is C16H11NO5. The van der Waals surface area contributed by atoms with Crippen LogP contribution in [-0.2, 0) is 4.74 Å². The summed E-state index contributed by atoms with van der Waals surface area (Å²) in [4.78, 5) is 27.1. The molecule has 110 valence electrons. The number of carbonyl (C=O) groups excluding carboxylic acids is 2. The zero-order valence-corrected chi connectivity index (χ0v) is 11.9. The number of hydrogen-bond donors (Lipinski definition) is 1. The highest BCUT2D eigenvalue weighted by molar-refractivity contribution is 6.27. The Bertz CT molecular complexity index is 970. The molecule has 0 atom stereocenters. The number of nitrogens with one attached hydrogen (secondary N) is 1. The fraction of sp³-hybridized carbons (Fsp3) is 0.125. The number of ether oxygens (including phenoxy) is 3. The van der Waals surface area contributed by atoms with Crippen LogP contribution in [0.15, 0.2) is 24.3 Å². The molecule has 0 amide bonds. The summed E-state index contributed by atoms with van der Waals surface area (Å²) in [5.74, 6) is -0.160. The monoisotopic (exact) mass is 297 g/mol. The summed E-state index contributed by atoms with van der Waals surface area (Å²) in [6, 6.07) is 7.00. The number of hydrogen-bond acceptors (Lipinski definition) is 5. The molecule has 1 N–H and O–H groups in total. The van der Waals surface area contributed by atoms with Crippen LogP contribution < -0.4 is 9.47 Å². The van der Waals surface area contributed by atoms with Gasteiger partial charge < -0.3 is 19.2 Å². The fourth-order valence-corrected chi connectivity index (χ4v) is 2.88. The van der Waals surface area contributed by atoms with Crippen molar-refractivity contribution in [2.24, 2.45) is 0 Å². The van der Waals surface area contributed by atoms with Crippen LogP contribution >= 0.6 is 0 Å². The molecule has 0 saturated heterocycles. The van der Waals surface area contributed by atoms with Crippen LogP contribution in [0, 0.1) is 0 Å². The van der Waals surface area contributed by atoms with E-state index >= 15 is 0 Å². The predicted molar refractivity (Wildman–Crippen MR) is 78.7 cm³/mol. The van der Waals surface area contributed by atoms with Crippen molar-refractivity contribution in [3.63, 3.8) is 0 Å². The maximum Gasteiger partial charge on any atom is 0.347 e. The third kappa shape index (κ3) is 1.49. The Labute approximate surface area is 124 Å². The Hall–Kier alpha value is -3.02. The molecule has 22 heavy (non-hydrogen) atoms. The lowest BCUT2D eigenvalue weighted by Gasteiger charge is -2.04. The number of aromatic amines is 1. The van der Waals surface area contributed by atoms with E-state index < -0.39 is 11.9 Å². The smallest absolute Gasteiger partial charge is 0.347 e. The number of rotatable bonds is 2. The molecule has 0 aliphatic carbocycles. The van der Waals surface area contributed by atoms with Crippen molar-refractivity contribution in [2.75, 3.05) is 14.2 Å². The maximum absolute atomic E-state index is 12.1. The SMILES string of the molecule is COc1ccc2[nH]c3c(OC)cc4c(c3c2c1)C(=O)OC4=O. The molecule has 0 fully saturated rings. The molecule has 2 heterocycles. The Morgan fingerprint density at radius 1 is 1.05 bits per heavy atom.